The third-order valence-electron chi connectivity index (χ3n) is 8.44. The molecule has 2 unspecified atom stereocenters. The van der Waals surface area contributed by atoms with Crippen LogP contribution in [-0.4, -0.2) is 68.5 Å². The van der Waals surface area contributed by atoms with Crippen LogP contribution in [0.2, 0.25) is 0 Å². The second-order valence-electron chi connectivity index (χ2n) is 10.5. The van der Waals surface area contributed by atoms with Crippen molar-refractivity contribution < 1.29 is 34.8 Å². The van der Waals surface area contributed by atoms with E-state index in [4.69, 9.17) is 5.73 Å². The summed E-state index contributed by atoms with van der Waals surface area (Å²) in [4.78, 5) is 40.5. The zero-order valence-electron chi connectivity index (χ0n) is 19.7. The number of hydrogen-bond acceptors (Lipinski definition) is 8. The number of Topliss-reactive ketones (excluding diaryl/α,β-unsaturated/α-hetero) is 2. The lowest BCUT2D eigenvalue weighted by molar-refractivity contribution is -0.153. The predicted octanol–water partition coefficient (Wildman–Crippen LogP) is 1.62. The molecule has 1 aromatic rings. The standard InChI is InChI=1S/C26H30N2O7/c1-28(2)20-15-10-12-9-14-13(11-5-3-4-6-11)7-8-16(29)18(14)21(30)17(12)23(32)26(15,35)24(33)19(22(20)31)25(27)34/h7-8,11-12,15,20,29-30,33,35H,3-6,9-10H2,1-2H3,(H2,27,34)/t12?,15?,20-,26-/m0/s1. The number of ketones is 2. The van der Waals surface area contributed by atoms with E-state index in [1.165, 1.54) is 11.0 Å². The molecule has 35 heavy (non-hydrogen) atoms. The Morgan fingerprint density at radius 2 is 1.74 bits per heavy atom. The maximum atomic E-state index is 13.8. The number of carbonyl (C=O) groups excluding carboxylic acids is 3. The molecule has 0 bridgehead atoms. The number of amides is 1. The molecule has 0 radical (unpaired) electrons. The lowest BCUT2D eigenvalue weighted by Crippen LogP contribution is -2.65. The Bertz CT molecular complexity index is 1220. The van der Waals surface area contributed by atoms with E-state index in [0.29, 0.717) is 12.3 Å². The lowest BCUT2D eigenvalue weighted by atomic mass is 9.57. The summed E-state index contributed by atoms with van der Waals surface area (Å²) in [6, 6.07) is 2.31. The molecule has 4 aliphatic carbocycles. The van der Waals surface area contributed by atoms with Gasteiger partial charge in [0.15, 0.2) is 11.4 Å². The van der Waals surface area contributed by atoms with Gasteiger partial charge < -0.3 is 26.2 Å². The molecule has 0 heterocycles. The lowest BCUT2D eigenvalue weighted by Gasteiger charge is -2.50. The van der Waals surface area contributed by atoms with Gasteiger partial charge in [0.25, 0.3) is 5.91 Å². The maximum absolute atomic E-state index is 13.8. The average molecular weight is 483 g/mol. The van der Waals surface area contributed by atoms with Gasteiger partial charge in [0, 0.05) is 11.5 Å². The highest BCUT2D eigenvalue weighted by molar-refractivity contribution is 6.24. The van der Waals surface area contributed by atoms with Crippen LogP contribution in [0.3, 0.4) is 0 Å². The van der Waals surface area contributed by atoms with E-state index in [1.807, 2.05) is 6.07 Å². The number of nitrogens with two attached hydrogens (primary N) is 1. The van der Waals surface area contributed by atoms with Crippen molar-refractivity contribution in [1.29, 1.82) is 0 Å². The molecule has 5 rings (SSSR count). The summed E-state index contributed by atoms with van der Waals surface area (Å²) in [5.74, 6) is -5.96. The number of hydrogen-bond donors (Lipinski definition) is 5. The smallest absolute Gasteiger partial charge is 0.255 e. The van der Waals surface area contributed by atoms with Crippen LogP contribution in [0.5, 0.6) is 5.75 Å². The number of primary amides is 1. The van der Waals surface area contributed by atoms with Crippen LogP contribution in [0.15, 0.2) is 29.0 Å². The molecule has 2 saturated carbocycles. The highest BCUT2D eigenvalue weighted by Crippen LogP contribution is 2.53. The number of carbonyl (C=O) groups is 3. The Hall–Kier alpha value is -3.17. The highest BCUT2D eigenvalue weighted by atomic mass is 16.3. The van der Waals surface area contributed by atoms with E-state index in [-0.39, 0.29) is 23.3 Å². The number of rotatable bonds is 3. The van der Waals surface area contributed by atoms with Gasteiger partial charge in [-0.25, -0.2) is 0 Å². The first-order chi connectivity index (χ1) is 16.5. The summed E-state index contributed by atoms with van der Waals surface area (Å²) in [6.07, 6.45) is 4.66. The van der Waals surface area contributed by atoms with Crippen LogP contribution < -0.4 is 5.73 Å². The average Bonchev–Trinajstić information content (AvgIpc) is 3.30. The molecule has 1 aromatic carbocycles. The summed E-state index contributed by atoms with van der Waals surface area (Å²) < 4.78 is 0. The van der Waals surface area contributed by atoms with E-state index in [2.05, 4.69) is 0 Å². The van der Waals surface area contributed by atoms with Gasteiger partial charge >= 0.3 is 0 Å². The van der Waals surface area contributed by atoms with Crippen LogP contribution in [0.1, 0.15) is 54.7 Å². The molecular weight excluding hydrogens is 452 g/mol. The van der Waals surface area contributed by atoms with Crippen molar-refractivity contribution in [3.05, 3.63) is 45.7 Å². The van der Waals surface area contributed by atoms with Gasteiger partial charge in [-0.2, -0.15) is 0 Å². The minimum atomic E-state index is -2.61. The molecule has 0 aliphatic heterocycles. The Morgan fingerprint density at radius 1 is 1.09 bits per heavy atom. The van der Waals surface area contributed by atoms with Crippen LogP contribution >= 0.6 is 0 Å². The van der Waals surface area contributed by atoms with Gasteiger partial charge in [-0.1, -0.05) is 18.9 Å². The zero-order valence-corrected chi connectivity index (χ0v) is 19.7. The molecule has 1 amide bonds. The normalized spacial score (nSPS) is 31.0. The fraction of sp³-hybridized carbons (Fsp3) is 0.500. The second kappa shape index (κ2) is 7.93. The number of likely N-dealkylation sites (N-methyl/N-ethyl adjacent to an activating group) is 1. The molecule has 4 atom stereocenters. The van der Waals surface area contributed by atoms with Crippen LogP contribution in [0.4, 0.5) is 0 Å². The first-order valence-electron chi connectivity index (χ1n) is 12.0. The molecule has 0 aromatic heterocycles. The number of aliphatic hydroxyl groups excluding tert-OH is 2. The van der Waals surface area contributed by atoms with Crippen molar-refractivity contribution in [2.75, 3.05) is 14.1 Å². The van der Waals surface area contributed by atoms with Gasteiger partial charge in [0.05, 0.1) is 11.6 Å². The minimum absolute atomic E-state index is 0.103. The molecule has 9 nitrogen and oxygen atoms in total. The third kappa shape index (κ3) is 3.11. The summed E-state index contributed by atoms with van der Waals surface area (Å²) in [7, 11) is 3.17. The zero-order chi connectivity index (χ0) is 25.4. The minimum Gasteiger partial charge on any atom is -0.508 e. The van der Waals surface area contributed by atoms with E-state index < -0.39 is 58.0 Å². The van der Waals surface area contributed by atoms with Gasteiger partial charge in [-0.15, -0.1) is 0 Å². The van der Waals surface area contributed by atoms with Crippen LogP contribution in [-0.2, 0) is 20.8 Å². The second-order valence-corrected chi connectivity index (χ2v) is 10.5. The Balaban J connectivity index is 1.72. The number of fused-ring (bicyclic) bond motifs is 3. The largest absolute Gasteiger partial charge is 0.508 e. The number of phenolic OH excluding ortho intramolecular Hbond substituents is 1. The summed E-state index contributed by atoms with van der Waals surface area (Å²) in [5, 5.41) is 44.4. The maximum Gasteiger partial charge on any atom is 0.255 e. The highest BCUT2D eigenvalue weighted by Gasteiger charge is 2.64. The monoisotopic (exact) mass is 482 g/mol. The van der Waals surface area contributed by atoms with E-state index >= 15 is 0 Å². The van der Waals surface area contributed by atoms with Crippen molar-refractivity contribution in [1.82, 2.24) is 4.90 Å². The molecule has 9 heteroatoms. The predicted molar refractivity (Wildman–Crippen MR) is 125 cm³/mol. The van der Waals surface area contributed by atoms with E-state index in [9.17, 15) is 34.8 Å². The van der Waals surface area contributed by atoms with Crippen LogP contribution in [0, 0.1) is 11.8 Å². The summed E-state index contributed by atoms with van der Waals surface area (Å²) in [5.41, 5.74) is 3.80. The van der Waals surface area contributed by atoms with Crippen LogP contribution in [0.25, 0.3) is 5.76 Å². The number of phenols is 1. The fourth-order valence-corrected chi connectivity index (χ4v) is 6.89. The molecule has 4 aliphatic rings. The third-order valence-corrected chi connectivity index (χ3v) is 8.44. The van der Waals surface area contributed by atoms with Gasteiger partial charge in [-0.05, 0) is 68.8 Å². The molecule has 0 spiro atoms. The first-order valence-corrected chi connectivity index (χ1v) is 12.0. The van der Waals surface area contributed by atoms with Crippen molar-refractivity contribution in [2.45, 2.75) is 56.1 Å². The quantitative estimate of drug-likeness (QED) is 0.406. The van der Waals surface area contributed by atoms with Crippen molar-refractivity contribution >= 4 is 23.2 Å². The SMILES string of the molecule is CN(C)[C@@H]1C(=O)C(C(N)=O)=C(O)[C@@]2(O)C(=O)C3=C(O)c4c(O)ccc(C5CCCC5)c4CC3CC12. The summed E-state index contributed by atoms with van der Waals surface area (Å²) >= 11 is 0. The molecular formula is C26H30N2O7. The first kappa shape index (κ1) is 23.6. The summed E-state index contributed by atoms with van der Waals surface area (Å²) in [6.45, 7) is 0. The number of aliphatic hydroxyl groups is 3. The van der Waals surface area contributed by atoms with E-state index in [0.717, 1.165) is 36.8 Å². The molecule has 186 valence electrons. The Kier molecular flexibility index (Phi) is 5.34. The van der Waals surface area contributed by atoms with Crippen molar-refractivity contribution in [3.8, 4) is 5.75 Å². The van der Waals surface area contributed by atoms with Gasteiger partial charge in [-0.3, -0.25) is 19.3 Å². The number of benzene rings is 1. The number of nitrogens with zero attached hydrogens (tertiary/aromatic N) is 1. The topological polar surface area (TPSA) is 161 Å². The fourth-order valence-electron chi connectivity index (χ4n) is 6.89. The van der Waals surface area contributed by atoms with Crippen molar-refractivity contribution in [3.63, 3.8) is 0 Å². The van der Waals surface area contributed by atoms with Gasteiger partial charge in [0.2, 0.25) is 5.78 Å². The Labute approximate surface area is 202 Å². The molecule has 2 fully saturated rings. The van der Waals surface area contributed by atoms with Crippen molar-refractivity contribution in [2.24, 2.45) is 17.6 Å². The number of aromatic hydroxyl groups is 1. The van der Waals surface area contributed by atoms with Gasteiger partial charge in [0.1, 0.15) is 22.8 Å². The molecule has 6 N–H and O–H groups in total. The molecule has 0 saturated heterocycles. The van der Waals surface area contributed by atoms with E-state index in [1.54, 1.807) is 14.1 Å². The Morgan fingerprint density at radius 3 is 2.34 bits per heavy atom.